The van der Waals surface area contributed by atoms with E-state index in [9.17, 15) is 13.2 Å². The molecular formula is C11H15F3N4S. The van der Waals surface area contributed by atoms with Gasteiger partial charge in [0.25, 0.3) is 0 Å². The maximum absolute atomic E-state index is 12.3. The zero-order chi connectivity index (χ0) is 13.9. The van der Waals surface area contributed by atoms with Crippen LogP contribution in [0.2, 0.25) is 0 Å². The van der Waals surface area contributed by atoms with Crippen molar-refractivity contribution in [1.29, 1.82) is 0 Å². The standard InChI is InChI=1S/C11H15F3N4S/c12-11(13,14)8-6-19-9(18-8)5-16-10(15)17-7-3-1-2-4-7/h6-7H,1-5H2,(H3,15,16,17). The summed E-state index contributed by atoms with van der Waals surface area (Å²) in [6.45, 7) is 0.0757. The summed E-state index contributed by atoms with van der Waals surface area (Å²) >= 11 is 0.940. The highest BCUT2D eigenvalue weighted by molar-refractivity contribution is 7.09. The molecular weight excluding hydrogens is 277 g/mol. The van der Waals surface area contributed by atoms with E-state index in [1.165, 1.54) is 12.8 Å². The van der Waals surface area contributed by atoms with Gasteiger partial charge in [-0.3, -0.25) is 0 Å². The van der Waals surface area contributed by atoms with Gasteiger partial charge in [-0.05, 0) is 12.8 Å². The molecule has 0 aromatic carbocycles. The fourth-order valence-electron chi connectivity index (χ4n) is 1.99. The SMILES string of the molecule is NC(=NCc1nc(C(F)(F)F)cs1)NC1CCCC1. The monoisotopic (exact) mass is 292 g/mol. The average Bonchev–Trinajstić information content (AvgIpc) is 2.95. The third-order valence-corrected chi connectivity index (χ3v) is 3.77. The number of guanidine groups is 1. The number of nitrogens with zero attached hydrogens (tertiary/aromatic N) is 2. The van der Waals surface area contributed by atoms with E-state index < -0.39 is 11.9 Å². The molecule has 0 unspecified atom stereocenters. The lowest BCUT2D eigenvalue weighted by Gasteiger charge is -2.11. The summed E-state index contributed by atoms with van der Waals surface area (Å²) in [4.78, 5) is 7.51. The van der Waals surface area contributed by atoms with Gasteiger partial charge in [-0.2, -0.15) is 13.2 Å². The Morgan fingerprint density at radius 3 is 2.74 bits per heavy atom. The number of aromatic nitrogens is 1. The molecule has 0 aliphatic heterocycles. The number of alkyl halides is 3. The lowest BCUT2D eigenvalue weighted by atomic mass is 10.2. The fraction of sp³-hybridized carbons (Fsp3) is 0.636. The Bertz CT molecular complexity index is 449. The van der Waals surface area contributed by atoms with E-state index >= 15 is 0 Å². The Kier molecular flexibility index (Phi) is 4.28. The average molecular weight is 292 g/mol. The van der Waals surface area contributed by atoms with Crippen LogP contribution in [0.25, 0.3) is 0 Å². The van der Waals surface area contributed by atoms with Gasteiger partial charge in [-0.15, -0.1) is 11.3 Å². The molecule has 0 saturated heterocycles. The molecule has 19 heavy (non-hydrogen) atoms. The molecule has 1 heterocycles. The van der Waals surface area contributed by atoms with Gasteiger partial charge in [0.15, 0.2) is 11.7 Å². The minimum Gasteiger partial charge on any atom is -0.370 e. The molecule has 0 amide bonds. The molecule has 8 heteroatoms. The van der Waals surface area contributed by atoms with E-state index in [-0.39, 0.29) is 12.5 Å². The van der Waals surface area contributed by atoms with Crippen LogP contribution >= 0.6 is 11.3 Å². The smallest absolute Gasteiger partial charge is 0.370 e. The van der Waals surface area contributed by atoms with Gasteiger partial charge in [-0.25, -0.2) is 9.98 Å². The van der Waals surface area contributed by atoms with Crippen LogP contribution < -0.4 is 11.1 Å². The second kappa shape index (κ2) is 5.77. The van der Waals surface area contributed by atoms with Crippen molar-refractivity contribution in [2.75, 3.05) is 0 Å². The number of rotatable bonds is 3. The summed E-state index contributed by atoms with van der Waals surface area (Å²) < 4.78 is 37.0. The summed E-state index contributed by atoms with van der Waals surface area (Å²) in [5.74, 6) is 0.274. The minimum atomic E-state index is -4.40. The summed E-state index contributed by atoms with van der Waals surface area (Å²) in [6.07, 6.45) is 0.0717. The zero-order valence-electron chi connectivity index (χ0n) is 10.2. The molecule has 106 valence electrons. The van der Waals surface area contributed by atoms with E-state index in [0.717, 1.165) is 29.6 Å². The second-order valence-corrected chi connectivity index (χ2v) is 5.39. The van der Waals surface area contributed by atoms with Crippen molar-refractivity contribution >= 4 is 17.3 Å². The van der Waals surface area contributed by atoms with Gasteiger partial charge >= 0.3 is 6.18 Å². The van der Waals surface area contributed by atoms with Crippen molar-refractivity contribution in [2.24, 2.45) is 10.7 Å². The number of halogens is 3. The Labute approximate surface area is 112 Å². The van der Waals surface area contributed by atoms with Gasteiger partial charge in [0.2, 0.25) is 0 Å². The summed E-state index contributed by atoms with van der Waals surface area (Å²) in [6, 6.07) is 0.339. The molecule has 1 saturated carbocycles. The van der Waals surface area contributed by atoms with Crippen molar-refractivity contribution in [3.8, 4) is 0 Å². The third-order valence-electron chi connectivity index (χ3n) is 2.93. The van der Waals surface area contributed by atoms with Crippen LogP contribution in [0.1, 0.15) is 36.4 Å². The van der Waals surface area contributed by atoms with Crippen molar-refractivity contribution in [1.82, 2.24) is 10.3 Å². The first kappa shape index (κ1) is 14.1. The summed E-state index contributed by atoms with van der Waals surface area (Å²) in [5.41, 5.74) is 4.82. The molecule has 2 rings (SSSR count). The molecule has 1 fully saturated rings. The van der Waals surface area contributed by atoms with Crippen LogP contribution in [-0.4, -0.2) is 17.0 Å². The molecule has 1 aromatic rings. The van der Waals surface area contributed by atoms with E-state index in [1.807, 2.05) is 0 Å². The molecule has 1 aromatic heterocycles. The number of nitrogens with two attached hydrogens (primary N) is 1. The van der Waals surface area contributed by atoms with Gasteiger partial charge in [0, 0.05) is 11.4 Å². The Morgan fingerprint density at radius 1 is 1.47 bits per heavy atom. The number of hydrogen-bond donors (Lipinski definition) is 2. The van der Waals surface area contributed by atoms with Gasteiger partial charge in [0.05, 0.1) is 6.54 Å². The van der Waals surface area contributed by atoms with Gasteiger partial charge in [0.1, 0.15) is 5.01 Å². The van der Waals surface area contributed by atoms with Crippen LogP contribution in [0.15, 0.2) is 10.4 Å². The zero-order valence-corrected chi connectivity index (χ0v) is 11.0. The normalized spacial score (nSPS) is 17.9. The molecule has 0 bridgehead atoms. The Morgan fingerprint density at radius 2 is 2.16 bits per heavy atom. The van der Waals surface area contributed by atoms with E-state index in [2.05, 4.69) is 15.3 Å². The topological polar surface area (TPSA) is 63.3 Å². The van der Waals surface area contributed by atoms with Crippen LogP contribution in [0.5, 0.6) is 0 Å². The maximum Gasteiger partial charge on any atom is 0.434 e. The van der Waals surface area contributed by atoms with Gasteiger partial charge < -0.3 is 11.1 Å². The lowest BCUT2D eigenvalue weighted by Crippen LogP contribution is -2.38. The summed E-state index contributed by atoms with van der Waals surface area (Å²) in [5, 5.41) is 4.37. The van der Waals surface area contributed by atoms with Crippen molar-refractivity contribution in [2.45, 2.75) is 44.4 Å². The Balaban J connectivity index is 1.88. The van der Waals surface area contributed by atoms with Crippen LogP contribution in [-0.2, 0) is 12.7 Å². The van der Waals surface area contributed by atoms with Crippen molar-refractivity contribution in [3.63, 3.8) is 0 Å². The molecule has 1 aliphatic rings. The first-order valence-corrected chi connectivity index (χ1v) is 6.91. The lowest BCUT2D eigenvalue weighted by molar-refractivity contribution is -0.140. The first-order valence-electron chi connectivity index (χ1n) is 6.03. The largest absolute Gasteiger partial charge is 0.434 e. The molecule has 4 nitrogen and oxygen atoms in total. The van der Waals surface area contributed by atoms with E-state index in [1.54, 1.807) is 0 Å². The highest BCUT2D eigenvalue weighted by Gasteiger charge is 2.33. The quantitative estimate of drug-likeness (QED) is 0.664. The van der Waals surface area contributed by atoms with Crippen molar-refractivity contribution < 1.29 is 13.2 Å². The second-order valence-electron chi connectivity index (χ2n) is 4.45. The van der Waals surface area contributed by atoms with Crippen LogP contribution in [0.3, 0.4) is 0 Å². The summed E-state index contributed by atoms with van der Waals surface area (Å²) in [7, 11) is 0. The number of aliphatic imine (C=N–C) groups is 1. The minimum absolute atomic E-state index is 0.0757. The maximum atomic E-state index is 12.3. The first-order chi connectivity index (χ1) is 8.95. The van der Waals surface area contributed by atoms with Gasteiger partial charge in [-0.1, -0.05) is 12.8 Å². The number of thiazole rings is 1. The van der Waals surface area contributed by atoms with E-state index in [0.29, 0.717) is 11.0 Å². The molecule has 0 radical (unpaired) electrons. The molecule has 0 atom stereocenters. The highest BCUT2D eigenvalue weighted by Crippen LogP contribution is 2.30. The van der Waals surface area contributed by atoms with E-state index in [4.69, 9.17) is 5.73 Å². The predicted octanol–water partition coefficient (Wildman–Crippen LogP) is 2.51. The molecule has 3 N–H and O–H groups in total. The Hall–Kier alpha value is -1.31. The predicted molar refractivity (Wildman–Crippen MR) is 67.8 cm³/mol. The van der Waals surface area contributed by atoms with Crippen LogP contribution in [0.4, 0.5) is 13.2 Å². The van der Waals surface area contributed by atoms with Crippen molar-refractivity contribution in [3.05, 3.63) is 16.1 Å². The highest BCUT2D eigenvalue weighted by atomic mass is 32.1. The molecule has 1 aliphatic carbocycles. The third kappa shape index (κ3) is 4.09. The fourth-order valence-corrected chi connectivity index (χ4v) is 2.72. The number of hydrogen-bond acceptors (Lipinski definition) is 3. The van der Waals surface area contributed by atoms with Crippen LogP contribution in [0, 0.1) is 0 Å². The number of nitrogens with one attached hydrogen (secondary N) is 1. The molecule has 0 spiro atoms.